The van der Waals surface area contributed by atoms with E-state index >= 15 is 0 Å². The van der Waals surface area contributed by atoms with E-state index in [1.165, 1.54) is 29.2 Å². The Bertz CT molecular complexity index is 1210. The van der Waals surface area contributed by atoms with Crippen LogP contribution in [0.15, 0.2) is 53.3 Å². The Hall–Kier alpha value is -3.68. The molecule has 31 heavy (non-hydrogen) atoms. The summed E-state index contributed by atoms with van der Waals surface area (Å²) in [7, 11) is 0. The lowest BCUT2D eigenvalue weighted by molar-refractivity contribution is -0.122. The van der Waals surface area contributed by atoms with Crippen molar-refractivity contribution in [3.63, 3.8) is 0 Å². The standard InChI is InChI=1S/C23H19FN4O3/c24-14-11-9-13(10-12-14)19-21(29)25-20(27-26-19)17-7-3-4-8-18(17)28-22(30)15-5-1-2-6-16(15)23(28)31/h3-4,7-12,15-16H,1-2,5-6H2,(H,25,27,29)/t15-,16-/m1/s1. The van der Waals surface area contributed by atoms with Gasteiger partial charge in [-0.2, -0.15) is 0 Å². The van der Waals surface area contributed by atoms with Crippen molar-refractivity contribution in [3.8, 4) is 22.6 Å². The van der Waals surface area contributed by atoms with Crippen molar-refractivity contribution in [1.82, 2.24) is 15.2 Å². The first-order chi connectivity index (χ1) is 15.0. The molecule has 1 N–H and O–H groups in total. The molecule has 2 amide bonds. The highest BCUT2D eigenvalue weighted by Gasteiger charge is 2.49. The van der Waals surface area contributed by atoms with Gasteiger partial charge in [0.1, 0.15) is 5.82 Å². The van der Waals surface area contributed by atoms with Gasteiger partial charge in [-0.05, 0) is 49.2 Å². The molecule has 1 saturated carbocycles. The number of H-pyrrole nitrogens is 1. The number of para-hydroxylation sites is 1. The van der Waals surface area contributed by atoms with Gasteiger partial charge in [-0.3, -0.25) is 14.4 Å². The maximum Gasteiger partial charge on any atom is 0.278 e. The fourth-order valence-electron chi connectivity index (χ4n) is 4.52. The number of aromatic amines is 1. The van der Waals surface area contributed by atoms with Gasteiger partial charge in [-0.25, -0.2) is 9.29 Å². The molecule has 0 spiro atoms. The third kappa shape index (κ3) is 3.24. The summed E-state index contributed by atoms with van der Waals surface area (Å²) >= 11 is 0. The van der Waals surface area contributed by atoms with Gasteiger partial charge in [0.05, 0.1) is 17.5 Å². The molecule has 156 valence electrons. The monoisotopic (exact) mass is 418 g/mol. The zero-order valence-corrected chi connectivity index (χ0v) is 16.5. The van der Waals surface area contributed by atoms with Crippen molar-refractivity contribution in [2.45, 2.75) is 25.7 Å². The minimum Gasteiger partial charge on any atom is -0.303 e. The van der Waals surface area contributed by atoms with Gasteiger partial charge in [0.15, 0.2) is 11.5 Å². The summed E-state index contributed by atoms with van der Waals surface area (Å²) in [6, 6.07) is 12.2. The van der Waals surface area contributed by atoms with Gasteiger partial charge in [-0.15, -0.1) is 10.2 Å². The Morgan fingerprint density at radius 2 is 1.52 bits per heavy atom. The number of halogens is 1. The molecule has 2 aliphatic rings. The molecule has 1 aliphatic carbocycles. The molecule has 5 rings (SSSR count). The smallest absolute Gasteiger partial charge is 0.278 e. The van der Waals surface area contributed by atoms with Crippen LogP contribution in [0.25, 0.3) is 22.6 Å². The van der Waals surface area contributed by atoms with E-state index in [2.05, 4.69) is 15.2 Å². The third-order valence-electron chi connectivity index (χ3n) is 6.06. The summed E-state index contributed by atoms with van der Waals surface area (Å²) in [4.78, 5) is 42.7. The Labute approximate surface area is 176 Å². The van der Waals surface area contributed by atoms with Crippen LogP contribution in [0.3, 0.4) is 0 Å². The van der Waals surface area contributed by atoms with Crippen molar-refractivity contribution in [2.24, 2.45) is 11.8 Å². The number of carbonyl (C=O) groups is 2. The van der Waals surface area contributed by atoms with E-state index in [0.717, 1.165) is 25.7 Å². The second-order valence-electron chi connectivity index (χ2n) is 7.88. The first-order valence-electron chi connectivity index (χ1n) is 10.2. The molecule has 0 unspecified atom stereocenters. The van der Waals surface area contributed by atoms with E-state index in [1.54, 1.807) is 24.3 Å². The fraction of sp³-hybridized carbons (Fsp3) is 0.261. The lowest BCUT2D eigenvalue weighted by atomic mass is 9.81. The van der Waals surface area contributed by atoms with Crippen molar-refractivity contribution in [3.05, 3.63) is 64.7 Å². The topological polar surface area (TPSA) is 96.0 Å². The Morgan fingerprint density at radius 1 is 0.871 bits per heavy atom. The number of aromatic nitrogens is 3. The quantitative estimate of drug-likeness (QED) is 0.659. The van der Waals surface area contributed by atoms with Crippen LogP contribution >= 0.6 is 0 Å². The molecule has 2 heterocycles. The van der Waals surface area contributed by atoms with Gasteiger partial charge in [-0.1, -0.05) is 25.0 Å². The van der Waals surface area contributed by atoms with E-state index in [4.69, 9.17) is 0 Å². The van der Waals surface area contributed by atoms with Crippen LogP contribution in [0.5, 0.6) is 0 Å². The molecule has 2 fully saturated rings. The summed E-state index contributed by atoms with van der Waals surface area (Å²) in [5.74, 6) is -1.21. The number of hydrogen-bond acceptors (Lipinski definition) is 5. The number of carbonyl (C=O) groups excluding carboxylic acids is 2. The van der Waals surface area contributed by atoms with Gasteiger partial charge in [0.25, 0.3) is 5.56 Å². The van der Waals surface area contributed by atoms with Crippen molar-refractivity contribution >= 4 is 17.5 Å². The first kappa shape index (κ1) is 19.3. The van der Waals surface area contributed by atoms with Gasteiger partial charge >= 0.3 is 0 Å². The van der Waals surface area contributed by atoms with Crippen LogP contribution in [0.1, 0.15) is 25.7 Å². The fourth-order valence-corrected chi connectivity index (χ4v) is 4.52. The number of rotatable bonds is 3. The van der Waals surface area contributed by atoms with E-state index in [0.29, 0.717) is 16.8 Å². The normalized spacial score (nSPS) is 20.7. The molecule has 1 aliphatic heterocycles. The number of nitrogens with zero attached hydrogens (tertiary/aromatic N) is 3. The van der Waals surface area contributed by atoms with Gasteiger partial charge in [0.2, 0.25) is 11.8 Å². The van der Waals surface area contributed by atoms with E-state index < -0.39 is 11.4 Å². The number of amides is 2. The molecule has 0 bridgehead atoms. The summed E-state index contributed by atoms with van der Waals surface area (Å²) < 4.78 is 13.2. The molecule has 0 radical (unpaired) electrons. The zero-order chi connectivity index (χ0) is 21.5. The van der Waals surface area contributed by atoms with Crippen LogP contribution in [-0.4, -0.2) is 27.0 Å². The number of fused-ring (bicyclic) bond motifs is 1. The lowest BCUT2D eigenvalue weighted by Gasteiger charge is -2.19. The maximum atomic E-state index is 13.2. The largest absolute Gasteiger partial charge is 0.303 e. The molecule has 2 atom stereocenters. The van der Waals surface area contributed by atoms with Crippen molar-refractivity contribution < 1.29 is 14.0 Å². The van der Waals surface area contributed by atoms with Crippen LogP contribution in [0.4, 0.5) is 10.1 Å². The summed E-state index contributed by atoms with van der Waals surface area (Å²) in [5, 5.41) is 8.16. The number of hydrogen-bond donors (Lipinski definition) is 1. The maximum absolute atomic E-state index is 13.2. The highest BCUT2D eigenvalue weighted by molar-refractivity contribution is 6.23. The van der Waals surface area contributed by atoms with Gasteiger partial charge < -0.3 is 4.98 Å². The van der Waals surface area contributed by atoms with Gasteiger partial charge in [0, 0.05) is 11.1 Å². The van der Waals surface area contributed by atoms with Crippen LogP contribution in [0.2, 0.25) is 0 Å². The molecule has 7 nitrogen and oxygen atoms in total. The van der Waals surface area contributed by atoms with Crippen LogP contribution in [0, 0.1) is 17.7 Å². The Morgan fingerprint density at radius 3 is 2.16 bits per heavy atom. The van der Waals surface area contributed by atoms with E-state index in [-0.39, 0.29) is 35.2 Å². The van der Waals surface area contributed by atoms with Crippen LogP contribution < -0.4 is 10.5 Å². The van der Waals surface area contributed by atoms with Crippen molar-refractivity contribution in [1.29, 1.82) is 0 Å². The predicted octanol–water partition coefficient (Wildman–Crippen LogP) is 3.32. The number of nitrogens with one attached hydrogen (secondary N) is 1. The average Bonchev–Trinajstić information content (AvgIpc) is 3.05. The minimum absolute atomic E-state index is 0.0561. The third-order valence-corrected chi connectivity index (χ3v) is 6.06. The van der Waals surface area contributed by atoms with Crippen molar-refractivity contribution in [2.75, 3.05) is 4.90 Å². The molecule has 1 saturated heterocycles. The number of imide groups is 1. The summed E-state index contributed by atoms with van der Waals surface area (Å²) in [5.41, 5.74) is 0.827. The second kappa shape index (κ2) is 7.54. The SMILES string of the molecule is O=C1[C@@H]2CCCC[C@H]2C(=O)N1c1ccccc1-c1nnc(-c2ccc(F)cc2)c(=O)[nH]1. The van der Waals surface area contributed by atoms with E-state index in [1.807, 2.05) is 0 Å². The highest BCUT2D eigenvalue weighted by atomic mass is 19.1. The molecule has 2 aromatic carbocycles. The lowest BCUT2D eigenvalue weighted by Crippen LogP contribution is -2.31. The Balaban J connectivity index is 1.55. The zero-order valence-electron chi connectivity index (χ0n) is 16.5. The second-order valence-corrected chi connectivity index (χ2v) is 7.88. The molecular formula is C23H19FN4O3. The summed E-state index contributed by atoms with van der Waals surface area (Å²) in [6.07, 6.45) is 3.33. The number of benzene rings is 2. The number of anilines is 1. The first-order valence-corrected chi connectivity index (χ1v) is 10.2. The Kier molecular flexibility index (Phi) is 4.69. The molecular weight excluding hydrogens is 399 g/mol. The molecule has 1 aromatic heterocycles. The predicted molar refractivity (Wildman–Crippen MR) is 111 cm³/mol. The average molecular weight is 418 g/mol. The van der Waals surface area contributed by atoms with E-state index in [9.17, 15) is 18.8 Å². The molecule has 8 heteroatoms. The summed E-state index contributed by atoms with van der Waals surface area (Å²) in [6.45, 7) is 0. The highest BCUT2D eigenvalue weighted by Crippen LogP contribution is 2.42. The molecule has 3 aromatic rings. The minimum atomic E-state index is -0.501. The van der Waals surface area contributed by atoms with Crippen LogP contribution in [-0.2, 0) is 9.59 Å².